The molecule has 3 N–H and O–H groups in total. The van der Waals surface area contributed by atoms with E-state index in [1.807, 2.05) is 0 Å². The number of carbonyl (C=O) groups is 2. The fourth-order valence-corrected chi connectivity index (χ4v) is 1.54. The predicted octanol–water partition coefficient (Wildman–Crippen LogP) is 0.579. The third kappa shape index (κ3) is 3.32. The summed E-state index contributed by atoms with van der Waals surface area (Å²) < 4.78 is 0. The summed E-state index contributed by atoms with van der Waals surface area (Å²) in [5.74, 6) is -0.947. The predicted molar refractivity (Wildman–Crippen MR) is 49.8 cm³/mol. The van der Waals surface area contributed by atoms with Crippen molar-refractivity contribution < 1.29 is 14.7 Å². The maximum absolute atomic E-state index is 11.1. The van der Waals surface area contributed by atoms with Crippen molar-refractivity contribution in [3.63, 3.8) is 0 Å². The Morgan fingerprint density at radius 3 is 2.69 bits per heavy atom. The molecule has 1 fully saturated rings. The molecule has 76 valence electrons. The summed E-state index contributed by atoms with van der Waals surface area (Å²) in [6.07, 6.45) is 2.58. The average Bonchev–Trinajstić information content (AvgIpc) is 2.36. The number of carbonyl (C=O) groups excluding carboxylic acids is 1. The first-order valence-electron chi connectivity index (χ1n) is 4.12. The van der Waals surface area contributed by atoms with E-state index >= 15 is 0 Å². The summed E-state index contributed by atoms with van der Waals surface area (Å²) in [5, 5.41) is 8.49. The lowest BCUT2D eigenvalue weighted by atomic mass is 9.98. The molecule has 0 amide bonds. The van der Waals surface area contributed by atoms with Crippen molar-refractivity contribution in [1.82, 2.24) is 0 Å². The van der Waals surface area contributed by atoms with Gasteiger partial charge in [0.2, 0.25) is 0 Å². The number of Topliss-reactive ketones (excluding diaryl/α,β-unsaturated/α-hetero) is 1. The van der Waals surface area contributed by atoms with Crippen LogP contribution < -0.4 is 5.73 Å². The van der Waals surface area contributed by atoms with Gasteiger partial charge in [0.05, 0.1) is 0 Å². The minimum atomic E-state index is -1.02. The van der Waals surface area contributed by atoms with Crippen LogP contribution in [0.2, 0.25) is 0 Å². The van der Waals surface area contributed by atoms with Gasteiger partial charge in [-0.25, -0.2) is 0 Å². The Morgan fingerprint density at radius 2 is 2.31 bits per heavy atom. The van der Waals surface area contributed by atoms with Gasteiger partial charge in [-0.2, -0.15) is 0 Å². The molecule has 0 heterocycles. The first-order chi connectivity index (χ1) is 5.61. The Bertz CT molecular complexity index is 208. The molecule has 0 bridgehead atoms. The normalized spacial score (nSPS) is 23.8. The van der Waals surface area contributed by atoms with Gasteiger partial charge in [0.15, 0.2) is 0 Å². The van der Waals surface area contributed by atoms with Crippen molar-refractivity contribution in [2.75, 3.05) is 0 Å². The van der Waals surface area contributed by atoms with E-state index in [1.54, 1.807) is 0 Å². The Hall–Kier alpha value is -0.610. The molecule has 0 radical (unpaired) electrons. The Morgan fingerprint density at radius 1 is 1.69 bits per heavy atom. The zero-order chi connectivity index (χ0) is 9.14. The summed E-state index contributed by atoms with van der Waals surface area (Å²) in [4.78, 5) is 21.4. The van der Waals surface area contributed by atoms with Crippen LogP contribution in [0.3, 0.4) is 0 Å². The van der Waals surface area contributed by atoms with Crippen molar-refractivity contribution in [3.8, 4) is 0 Å². The molecular formula is C8H14ClNO3. The molecule has 0 saturated heterocycles. The van der Waals surface area contributed by atoms with E-state index in [0.717, 1.165) is 12.8 Å². The first kappa shape index (κ1) is 12.4. The molecule has 0 aromatic rings. The minimum absolute atomic E-state index is 0. The van der Waals surface area contributed by atoms with Gasteiger partial charge >= 0.3 is 5.97 Å². The van der Waals surface area contributed by atoms with Gasteiger partial charge < -0.3 is 10.8 Å². The molecule has 1 rings (SSSR count). The molecular weight excluding hydrogens is 194 g/mol. The Labute approximate surface area is 82.9 Å². The van der Waals surface area contributed by atoms with Crippen LogP contribution in [0, 0.1) is 5.92 Å². The van der Waals surface area contributed by atoms with Gasteiger partial charge in [0.1, 0.15) is 11.8 Å². The second-order valence-corrected chi connectivity index (χ2v) is 3.24. The molecule has 5 heteroatoms. The molecule has 0 aliphatic heterocycles. The largest absolute Gasteiger partial charge is 0.480 e. The standard InChI is InChI=1S/C8H13NO3.ClH/c9-6(8(11)12)4-5-2-1-3-7(5)10;/h5-6H,1-4,9H2,(H,11,12);1H/t5-,6-;/m0./s1. The number of hydrogen-bond donors (Lipinski definition) is 2. The molecule has 13 heavy (non-hydrogen) atoms. The van der Waals surface area contributed by atoms with Crippen molar-refractivity contribution in [1.29, 1.82) is 0 Å². The van der Waals surface area contributed by atoms with Gasteiger partial charge in [-0.05, 0) is 19.3 Å². The zero-order valence-electron chi connectivity index (χ0n) is 7.23. The summed E-state index contributed by atoms with van der Waals surface area (Å²) in [5.41, 5.74) is 5.31. The number of nitrogens with two attached hydrogens (primary N) is 1. The van der Waals surface area contributed by atoms with Crippen molar-refractivity contribution >= 4 is 24.2 Å². The number of rotatable bonds is 3. The molecule has 4 nitrogen and oxygen atoms in total. The topological polar surface area (TPSA) is 80.4 Å². The van der Waals surface area contributed by atoms with Crippen molar-refractivity contribution in [3.05, 3.63) is 0 Å². The van der Waals surface area contributed by atoms with Gasteiger partial charge in [-0.15, -0.1) is 12.4 Å². The number of carboxylic acid groups (broad SMARTS) is 1. The van der Waals surface area contributed by atoms with Crippen LogP contribution in [0.4, 0.5) is 0 Å². The van der Waals surface area contributed by atoms with E-state index in [2.05, 4.69) is 0 Å². The maximum Gasteiger partial charge on any atom is 0.320 e. The molecule has 1 aliphatic rings. The van der Waals surface area contributed by atoms with E-state index in [9.17, 15) is 9.59 Å². The highest BCUT2D eigenvalue weighted by molar-refractivity contribution is 5.85. The number of aliphatic carboxylic acids is 1. The molecule has 1 saturated carbocycles. The number of ketones is 1. The third-order valence-electron chi connectivity index (χ3n) is 2.29. The smallest absolute Gasteiger partial charge is 0.320 e. The molecule has 0 aromatic carbocycles. The lowest BCUT2D eigenvalue weighted by molar-refractivity contribution is -0.139. The second kappa shape index (κ2) is 5.19. The maximum atomic E-state index is 11.1. The van der Waals surface area contributed by atoms with Crippen LogP contribution in [0.5, 0.6) is 0 Å². The molecule has 0 unspecified atom stereocenters. The highest BCUT2D eigenvalue weighted by Crippen LogP contribution is 2.24. The van der Waals surface area contributed by atoms with Gasteiger partial charge in [0.25, 0.3) is 0 Å². The van der Waals surface area contributed by atoms with Crippen molar-refractivity contribution in [2.24, 2.45) is 11.7 Å². The SMILES string of the molecule is Cl.N[C@@H](C[C@@H]1CCCC1=O)C(=O)O. The molecule has 0 aromatic heterocycles. The Kier molecular flexibility index (Phi) is 4.95. The van der Waals surface area contributed by atoms with Crippen LogP contribution >= 0.6 is 12.4 Å². The summed E-state index contributed by atoms with van der Waals surface area (Å²) in [7, 11) is 0. The van der Waals surface area contributed by atoms with Crippen LogP contribution in [-0.2, 0) is 9.59 Å². The van der Waals surface area contributed by atoms with Gasteiger partial charge in [0, 0.05) is 12.3 Å². The van der Waals surface area contributed by atoms with Crippen LogP contribution in [-0.4, -0.2) is 22.9 Å². The van der Waals surface area contributed by atoms with E-state index in [0.29, 0.717) is 12.8 Å². The lowest BCUT2D eigenvalue weighted by Gasteiger charge is -2.10. The monoisotopic (exact) mass is 207 g/mol. The quantitative estimate of drug-likeness (QED) is 0.710. The minimum Gasteiger partial charge on any atom is -0.480 e. The van der Waals surface area contributed by atoms with Crippen LogP contribution in [0.1, 0.15) is 25.7 Å². The van der Waals surface area contributed by atoms with Crippen molar-refractivity contribution in [2.45, 2.75) is 31.7 Å². The highest BCUT2D eigenvalue weighted by atomic mass is 35.5. The van der Waals surface area contributed by atoms with E-state index in [4.69, 9.17) is 10.8 Å². The number of halogens is 1. The van der Waals surface area contributed by atoms with Crippen LogP contribution in [0.25, 0.3) is 0 Å². The summed E-state index contributed by atoms with van der Waals surface area (Å²) in [6.45, 7) is 0. The highest BCUT2D eigenvalue weighted by Gasteiger charge is 2.28. The first-order valence-corrected chi connectivity index (χ1v) is 4.12. The zero-order valence-corrected chi connectivity index (χ0v) is 8.05. The second-order valence-electron chi connectivity index (χ2n) is 3.24. The third-order valence-corrected chi connectivity index (χ3v) is 2.29. The molecule has 0 spiro atoms. The van der Waals surface area contributed by atoms with E-state index in [-0.39, 0.29) is 24.1 Å². The van der Waals surface area contributed by atoms with Gasteiger partial charge in [-0.1, -0.05) is 0 Å². The summed E-state index contributed by atoms with van der Waals surface area (Å²) in [6, 6.07) is -0.878. The molecule has 1 aliphatic carbocycles. The Balaban J connectivity index is 0.00000144. The molecule has 2 atom stereocenters. The lowest BCUT2D eigenvalue weighted by Crippen LogP contribution is -2.33. The van der Waals surface area contributed by atoms with E-state index < -0.39 is 12.0 Å². The van der Waals surface area contributed by atoms with Crippen LogP contribution in [0.15, 0.2) is 0 Å². The average molecular weight is 208 g/mol. The summed E-state index contributed by atoms with van der Waals surface area (Å²) >= 11 is 0. The van der Waals surface area contributed by atoms with Gasteiger partial charge in [-0.3, -0.25) is 9.59 Å². The number of hydrogen-bond acceptors (Lipinski definition) is 3. The fourth-order valence-electron chi connectivity index (χ4n) is 1.54. The fraction of sp³-hybridized carbons (Fsp3) is 0.750. The van der Waals surface area contributed by atoms with E-state index in [1.165, 1.54) is 0 Å². The number of carboxylic acids is 1.